The Morgan fingerprint density at radius 3 is 2.59 bits per heavy atom. The van der Waals surface area contributed by atoms with E-state index < -0.39 is 0 Å². The molecular formula is C24H30N6O2. The summed E-state index contributed by atoms with van der Waals surface area (Å²) in [4.78, 5) is 5.02. The Morgan fingerprint density at radius 1 is 0.969 bits per heavy atom. The molecule has 168 valence electrons. The van der Waals surface area contributed by atoms with Crippen LogP contribution in [0.5, 0.6) is 11.5 Å². The Hall–Kier alpha value is -3.13. The third-order valence-electron chi connectivity index (χ3n) is 6.47. The summed E-state index contributed by atoms with van der Waals surface area (Å²) < 4.78 is 12.9. The highest BCUT2D eigenvalue weighted by atomic mass is 16.7. The van der Waals surface area contributed by atoms with Crippen LogP contribution in [0.3, 0.4) is 0 Å². The van der Waals surface area contributed by atoms with Crippen LogP contribution in [-0.2, 0) is 6.54 Å². The van der Waals surface area contributed by atoms with E-state index in [1.54, 1.807) is 0 Å². The summed E-state index contributed by atoms with van der Waals surface area (Å²) in [5, 5.41) is 12.7. The van der Waals surface area contributed by atoms with Gasteiger partial charge in [0.25, 0.3) is 0 Å². The van der Waals surface area contributed by atoms with Crippen LogP contribution in [0.15, 0.2) is 36.4 Å². The summed E-state index contributed by atoms with van der Waals surface area (Å²) in [5.74, 6) is 2.50. The summed E-state index contributed by atoms with van der Waals surface area (Å²) >= 11 is 0. The minimum absolute atomic E-state index is 0.194. The predicted octanol–water partition coefficient (Wildman–Crippen LogP) is 3.34. The molecule has 3 heterocycles. The second kappa shape index (κ2) is 8.78. The van der Waals surface area contributed by atoms with E-state index in [9.17, 15) is 0 Å². The Kier molecular flexibility index (Phi) is 5.70. The van der Waals surface area contributed by atoms with Gasteiger partial charge in [-0.15, -0.1) is 5.10 Å². The number of tetrazole rings is 1. The van der Waals surface area contributed by atoms with E-state index in [4.69, 9.17) is 9.47 Å². The van der Waals surface area contributed by atoms with Crippen LogP contribution < -0.4 is 14.4 Å². The quantitative estimate of drug-likeness (QED) is 0.589. The highest BCUT2D eigenvalue weighted by molar-refractivity contribution is 5.55. The number of nitrogens with zero attached hydrogens (tertiary/aromatic N) is 6. The van der Waals surface area contributed by atoms with E-state index >= 15 is 0 Å². The number of fused-ring (bicyclic) bond motifs is 1. The van der Waals surface area contributed by atoms with Crippen molar-refractivity contribution in [2.45, 2.75) is 39.8 Å². The number of hydrogen-bond acceptors (Lipinski definition) is 7. The number of benzene rings is 2. The van der Waals surface area contributed by atoms with Gasteiger partial charge in [0.05, 0.1) is 12.6 Å². The smallest absolute Gasteiger partial charge is 0.231 e. The fraction of sp³-hybridized carbons (Fsp3) is 0.458. The summed E-state index contributed by atoms with van der Waals surface area (Å²) in [6.07, 6.45) is 0.963. The van der Waals surface area contributed by atoms with Crippen molar-refractivity contribution < 1.29 is 9.47 Å². The lowest BCUT2D eigenvalue weighted by Gasteiger charge is -2.40. The fourth-order valence-electron chi connectivity index (χ4n) is 4.71. The number of ether oxygens (including phenoxy) is 2. The molecule has 0 bridgehead atoms. The largest absolute Gasteiger partial charge is 0.454 e. The van der Waals surface area contributed by atoms with Crippen LogP contribution in [0.1, 0.15) is 41.9 Å². The molecule has 0 unspecified atom stereocenters. The maximum atomic E-state index is 5.52. The molecule has 1 atom stereocenters. The van der Waals surface area contributed by atoms with Crippen molar-refractivity contribution in [1.82, 2.24) is 25.1 Å². The molecular weight excluding hydrogens is 404 g/mol. The molecule has 3 aromatic rings. The minimum atomic E-state index is 0.194. The van der Waals surface area contributed by atoms with Crippen molar-refractivity contribution >= 4 is 5.69 Å². The molecule has 0 amide bonds. The van der Waals surface area contributed by atoms with Gasteiger partial charge in [-0.05, 0) is 65.6 Å². The van der Waals surface area contributed by atoms with Crippen LogP contribution >= 0.6 is 0 Å². The molecule has 2 aliphatic rings. The molecule has 2 aromatic carbocycles. The van der Waals surface area contributed by atoms with E-state index in [1.807, 2.05) is 22.9 Å². The van der Waals surface area contributed by atoms with Crippen molar-refractivity contribution in [3.05, 3.63) is 58.9 Å². The van der Waals surface area contributed by atoms with Crippen molar-refractivity contribution in [2.24, 2.45) is 0 Å². The molecule has 0 N–H and O–H groups in total. The lowest BCUT2D eigenvalue weighted by atomic mass is 10.1. The Balaban J connectivity index is 1.29. The molecule has 32 heavy (non-hydrogen) atoms. The minimum Gasteiger partial charge on any atom is -0.454 e. The standard InChI is InChI=1S/C24H30N6O2/c1-4-20(28-9-11-29(12-10-28)21-13-17(2)5-6-18(21)3)24-25-26-27-30(24)15-19-7-8-22-23(14-19)32-16-31-22/h5-8,13-14,20H,4,9-12,15-16H2,1-3H3/t20-/m1/s1. The number of aromatic nitrogens is 4. The summed E-state index contributed by atoms with van der Waals surface area (Å²) in [5.41, 5.74) is 5.09. The number of aryl methyl sites for hydroxylation is 2. The Morgan fingerprint density at radius 2 is 1.78 bits per heavy atom. The van der Waals surface area contributed by atoms with Crippen molar-refractivity contribution in [2.75, 3.05) is 37.9 Å². The molecule has 1 aromatic heterocycles. The highest BCUT2D eigenvalue weighted by Crippen LogP contribution is 2.33. The van der Waals surface area contributed by atoms with Gasteiger partial charge < -0.3 is 14.4 Å². The zero-order chi connectivity index (χ0) is 22.1. The molecule has 5 rings (SSSR count). The van der Waals surface area contributed by atoms with Crippen LogP contribution in [0, 0.1) is 13.8 Å². The number of hydrogen-bond donors (Lipinski definition) is 0. The molecule has 0 radical (unpaired) electrons. The molecule has 8 heteroatoms. The van der Waals surface area contributed by atoms with Gasteiger partial charge in [-0.2, -0.15) is 0 Å². The first-order chi connectivity index (χ1) is 15.6. The Labute approximate surface area is 188 Å². The third-order valence-corrected chi connectivity index (χ3v) is 6.47. The first-order valence-electron chi connectivity index (χ1n) is 11.3. The highest BCUT2D eigenvalue weighted by Gasteiger charge is 2.28. The average molecular weight is 435 g/mol. The van der Waals surface area contributed by atoms with E-state index in [0.29, 0.717) is 6.54 Å². The lowest BCUT2D eigenvalue weighted by molar-refractivity contribution is 0.169. The van der Waals surface area contributed by atoms with Crippen LogP contribution in [0.2, 0.25) is 0 Å². The first-order valence-corrected chi connectivity index (χ1v) is 11.3. The first kappa shape index (κ1) is 20.8. The Bertz CT molecular complexity index is 1090. The summed E-state index contributed by atoms with van der Waals surface area (Å²) in [6.45, 7) is 11.4. The van der Waals surface area contributed by atoms with E-state index in [0.717, 1.165) is 55.5 Å². The van der Waals surface area contributed by atoms with E-state index in [2.05, 4.69) is 64.3 Å². The molecule has 2 aliphatic heterocycles. The van der Waals surface area contributed by atoms with E-state index in [1.165, 1.54) is 16.8 Å². The lowest BCUT2D eigenvalue weighted by Crippen LogP contribution is -2.48. The van der Waals surface area contributed by atoms with Crippen molar-refractivity contribution in [3.63, 3.8) is 0 Å². The second-order valence-electron chi connectivity index (χ2n) is 8.62. The van der Waals surface area contributed by atoms with Crippen LogP contribution in [0.4, 0.5) is 5.69 Å². The SMILES string of the molecule is CC[C@H](c1nnnn1Cc1ccc2c(c1)OCO2)N1CCN(c2cc(C)ccc2C)CC1. The molecule has 0 spiro atoms. The van der Waals surface area contributed by atoms with Crippen molar-refractivity contribution in [3.8, 4) is 11.5 Å². The van der Waals surface area contributed by atoms with Gasteiger partial charge in [-0.25, -0.2) is 4.68 Å². The van der Waals surface area contributed by atoms with Crippen molar-refractivity contribution in [1.29, 1.82) is 0 Å². The number of anilines is 1. The monoisotopic (exact) mass is 434 g/mol. The molecule has 0 saturated carbocycles. The second-order valence-corrected chi connectivity index (χ2v) is 8.62. The summed E-state index contributed by atoms with van der Waals surface area (Å²) in [7, 11) is 0. The molecule has 1 fully saturated rings. The van der Waals surface area contributed by atoms with Gasteiger partial charge in [0, 0.05) is 31.9 Å². The van der Waals surface area contributed by atoms with Gasteiger partial charge in [0.1, 0.15) is 0 Å². The summed E-state index contributed by atoms with van der Waals surface area (Å²) in [6, 6.07) is 12.9. The normalized spacial score (nSPS) is 17.0. The fourth-order valence-corrected chi connectivity index (χ4v) is 4.71. The van der Waals surface area contributed by atoms with Crippen LogP contribution in [-0.4, -0.2) is 58.1 Å². The van der Waals surface area contributed by atoms with E-state index in [-0.39, 0.29) is 12.8 Å². The predicted molar refractivity (Wildman–Crippen MR) is 122 cm³/mol. The zero-order valence-corrected chi connectivity index (χ0v) is 19.0. The maximum absolute atomic E-state index is 5.52. The molecule has 0 aliphatic carbocycles. The van der Waals surface area contributed by atoms with Gasteiger partial charge in [-0.3, -0.25) is 4.90 Å². The molecule has 1 saturated heterocycles. The van der Waals surface area contributed by atoms with Gasteiger partial charge in [0.2, 0.25) is 6.79 Å². The van der Waals surface area contributed by atoms with Crippen LogP contribution in [0.25, 0.3) is 0 Å². The van der Waals surface area contributed by atoms with Gasteiger partial charge >= 0.3 is 0 Å². The zero-order valence-electron chi connectivity index (χ0n) is 19.0. The third kappa shape index (κ3) is 4.02. The number of piperazine rings is 1. The van der Waals surface area contributed by atoms with Gasteiger partial charge in [0.15, 0.2) is 17.3 Å². The average Bonchev–Trinajstić information content (AvgIpc) is 3.46. The molecule has 8 nitrogen and oxygen atoms in total. The maximum Gasteiger partial charge on any atom is 0.231 e. The van der Waals surface area contributed by atoms with Gasteiger partial charge in [-0.1, -0.05) is 25.1 Å². The number of rotatable bonds is 6. The topological polar surface area (TPSA) is 68.5 Å².